The number of carbonyl (C=O) groups is 1. The van der Waals surface area contributed by atoms with E-state index in [4.69, 9.17) is 0 Å². The molecule has 7 heteroatoms. The molecular formula is C12H13FN4O2. The second-order valence-electron chi connectivity index (χ2n) is 4.91. The molecule has 0 aromatic carbocycles. The van der Waals surface area contributed by atoms with Gasteiger partial charge in [0.15, 0.2) is 11.5 Å². The van der Waals surface area contributed by atoms with Crippen molar-refractivity contribution in [3.63, 3.8) is 0 Å². The van der Waals surface area contributed by atoms with Crippen LogP contribution in [0.25, 0.3) is 5.65 Å². The number of nitrogens with zero attached hydrogens (tertiary/aromatic N) is 4. The third-order valence-corrected chi connectivity index (χ3v) is 3.72. The van der Waals surface area contributed by atoms with Crippen molar-refractivity contribution in [1.82, 2.24) is 19.5 Å². The molecule has 1 atom stereocenters. The molecule has 0 bridgehead atoms. The van der Waals surface area contributed by atoms with E-state index in [0.29, 0.717) is 24.4 Å². The number of hydrogen-bond acceptors (Lipinski definition) is 3. The zero-order valence-corrected chi connectivity index (χ0v) is 10.4. The molecule has 0 spiro atoms. The van der Waals surface area contributed by atoms with Crippen LogP contribution in [-0.2, 0) is 5.54 Å². The summed E-state index contributed by atoms with van der Waals surface area (Å²) in [4.78, 5) is 12.7. The number of pyridine rings is 1. The third kappa shape index (κ3) is 1.65. The molecule has 2 aromatic rings. The number of rotatable bonds is 1. The van der Waals surface area contributed by atoms with Gasteiger partial charge >= 0.3 is 6.09 Å². The summed E-state index contributed by atoms with van der Waals surface area (Å²) in [7, 11) is 0. The largest absolute Gasteiger partial charge is 0.465 e. The number of carboxylic acid groups (broad SMARTS) is 1. The molecule has 1 aliphatic heterocycles. The highest BCUT2D eigenvalue weighted by Crippen LogP contribution is 2.37. The molecule has 100 valence electrons. The number of likely N-dealkylation sites (tertiary alicyclic amines) is 1. The average molecular weight is 264 g/mol. The maximum atomic E-state index is 13.4. The van der Waals surface area contributed by atoms with Crippen molar-refractivity contribution in [2.75, 3.05) is 6.54 Å². The number of amides is 1. The smallest absolute Gasteiger partial charge is 0.408 e. The van der Waals surface area contributed by atoms with E-state index >= 15 is 0 Å². The lowest BCUT2D eigenvalue weighted by atomic mass is 9.98. The Morgan fingerprint density at radius 2 is 2.26 bits per heavy atom. The van der Waals surface area contributed by atoms with Gasteiger partial charge in [0.05, 0.1) is 0 Å². The topological polar surface area (TPSA) is 70.7 Å². The highest BCUT2D eigenvalue weighted by Gasteiger charge is 2.44. The first-order valence-electron chi connectivity index (χ1n) is 6.04. The number of hydrogen-bond donors (Lipinski definition) is 1. The van der Waals surface area contributed by atoms with Crippen molar-refractivity contribution < 1.29 is 14.3 Å². The van der Waals surface area contributed by atoms with Crippen molar-refractivity contribution in [2.45, 2.75) is 25.3 Å². The zero-order valence-electron chi connectivity index (χ0n) is 10.4. The Balaban J connectivity index is 2.18. The highest BCUT2D eigenvalue weighted by molar-refractivity contribution is 5.67. The Hall–Kier alpha value is -2.18. The maximum absolute atomic E-state index is 13.4. The van der Waals surface area contributed by atoms with Crippen molar-refractivity contribution in [2.24, 2.45) is 0 Å². The summed E-state index contributed by atoms with van der Waals surface area (Å²) in [6.45, 7) is 2.26. The number of halogens is 1. The van der Waals surface area contributed by atoms with Gasteiger partial charge in [0, 0.05) is 12.7 Å². The van der Waals surface area contributed by atoms with E-state index in [-0.39, 0.29) is 0 Å². The van der Waals surface area contributed by atoms with Crippen LogP contribution in [0.5, 0.6) is 0 Å². The molecule has 1 N–H and O–H groups in total. The minimum absolute atomic E-state index is 0.406. The van der Waals surface area contributed by atoms with Gasteiger partial charge in [0.1, 0.15) is 11.4 Å². The lowest BCUT2D eigenvalue weighted by Crippen LogP contribution is -2.43. The molecule has 1 aliphatic rings. The van der Waals surface area contributed by atoms with E-state index in [1.54, 1.807) is 6.92 Å². The summed E-state index contributed by atoms with van der Waals surface area (Å²) in [5.41, 5.74) is -0.256. The van der Waals surface area contributed by atoms with Gasteiger partial charge in [-0.1, -0.05) is 0 Å². The van der Waals surface area contributed by atoms with Crippen LogP contribution >= 0.6 is 0 Å². The first-order valence-corrected chi connectivity index (χ1v) is 6.04. The molecule has 19 heavy (non-hydrogen) atoms. The molecule has 3 heterocycles. The molecule has 1 saturated heterocycles. The lowest BCUT2D eigenvalue weighted by molar-refractivity contribution is 0.105. The van der Waals surface area contributed by atoms with Gasteiger partial charge in [-0.05, 0) is 31.9 Å². The summed E-state index contributed by atoms with van der Waals surface area (Å²) < 4.78 is 14.9. The number of aromatic nitrogens is 3. The van der Waals surface area contributed by atoms with E-state index in [1.165, 1.54) is 27.6 Å². The minimum Gasteiger partial charge on any atom is -0.465 e. The molecular weight excluding hydrogens is 251 g/mol. The molecule has 0 aliphatic carbocycles. The molecule has 0 unspecified atom stereocenters. The van der Waals surface area contributed by atoms with E-state index in [2.05, 4.69) is 10.2 Å². The second-order valence-corrected chi connectivity index (χ2v) is 4.91. The van der Waals surface area contributed by atoms with E-state index in [9.17, 15) is 14.3 Å². The van der Waals surface area contributed by atoms with Crippen molar-refractivity contribution >= 4 is 11.7 Å². The third-order valence-electron chi connectivity index (χ3n) is 3.72. The van der Waals surface area contributed by atoms with Gasteiger partial charge in [-0.15, -0.1) is 10.2 Å². The second kappa shape index (κ2) is 3.91. The van der Waals surface area contributed by atoms with Gasteiger partial charge in [0.25, 0.3) is 0 Å². The monoisotopic (exact) mass is 264 g/mol. The summed E-state index contributed by atoms with van der Waals surface area (Å²) in [5, 5.41) is 17.3. The van der Waals surface area contributed by atoms with E-state index in [0.717, 1.165) is 6.42 Å². The molecule has 0 saturated carbocycles. The molecule has 1 amide bonds. The highest BCUT2D eigenvalue weighted by atomic mass is 19.1. The van der Waals surface area contributed by atoms with Gasteiger partial charge in [-0.3, -0.25) is 9.30 Å². The van der Waals surface area contributed by atoms with Crippen LogP contribution in [0.4, 0.5) is 9.18 Å². The predicted molar refractivity (Wildman–Crippen MR) is 64.3 cm³/mol. The van der Waals surface area contributed by atoms with Crippen LogP contribution in [0.1, 0.15) is 25.6 Å². The fourth-order valence-corrected chi connectivity index (χ4v) is 2.73. The molecule has 1 fully saturated rings. The van der Waals surface area contributed by atoms with Crippen LogP contribution in [0.15, 0.2) is 18.3 Å². The zero-order chi connectivity index (χ0) is 13.6. The molecule has 2 aromatic heterocycles. The Morgan fingerprint density at radius 3 is 3.00 bits per heavy atom. The van der Waals surface area contributed by atoms with Gasteiger partial charge < -0.3 is 5.11 Å². The van der Waals surface area contributed by atoms with Crippen LogP contribution in [0, 0.1) is 5.82 Å². The Bertz CT molecular complexity index is 656. The van der Waals surface area contributed by atoms with Crippen LogP contribution < -0.4 is 0 Å². The standard InChI is InChI=1S/C12H13FN4O2/c1-12(5-2-6-17(12)11(18)19)10-15-14-9-4-3-8(13)7-16(9)10/h3-4,7H,2,5-6H2,1H3,(H,18,19)/t12-/m0/s1. The minimum atomic E-state index is -0.992. The van der Waals surface area contributed by atoms with E-state index in [1.807, 2.05) is 0 Å². The fourth-order valence-electron chi connectivity index (χ4n) is 2.73. The predicted octanol–water partition coefficient (Wildman–Crippen LogP) is 1.86. The maximum Gasteiger partial charge on any atom is 0.408 e. The fraction of sp³-hybridized carbons (Fsp3) is 0.417. The molecule has 3 rings (SSSR count). The summed E-state index contributed by atoms with van der Waals surface area (Å²) >= 11 is 0. The van der Waals surface area contributed by atoms with Crippen LogP contribution in [-0.4, -0.2) is 37.2 Å². The van der Waals surface area contributed by atoms with Crippen molar-refractivity contribution in [3.8, 4) is 0 Å². The summed E-state index contributed by atoms with van der Waals surface area (Å²) in [5.74, 6) is 0.0546. The van der Waals surface area contributed by atoms with Gasteiger partial charge in [-0.25, -0.2) is 9.18 Å². The van der Waals surface area contributed by atoms with Crippen molar-refractivity contribution in [1.29, 1.82) is 0 Å². The summed E-state index contributed by atoms with van der Waals surface area (Å²) in [6.07, 6.45) is 1.70. The van der Waals surface area contributed by atoms with E-state index < -0.39 is 17.4 Å². The van der Waals surface area contributed by atoms with Crippen LogP contribution in [0.2, 0.25) is 0 Å². The van der Waals surface area contributed by atoms with Gasteiger partial charge in [-0.2, -0.15) is 0 Å². The quantitative estimate of drug-likeness (QED) is 0.853. The van der Waals surface area contributed by atoms with Crippen molar-refractivity contribution in [3.05, 3.63) is 30.0 Å². The normalized spacial score (nSPS) is 23.2. The van der Waals surface area contributed by atoms with Gasteiger partial charge in [0.2, 0.25) is 0 Å². The molecule has 6 nitrogen and oxygen atoms in total. The lowest BCUT2D eigenvalue weighted by Gasteiger charge is -2.31. The first-order chi connectivity index (χ1) is 9.02. The SMILES string of the molecule is C[C@@]1(c2nnc3ccc(F)cn23)CCCN1C(=O)O. The first kappa shape index (κ1) is 11.9. The number of fused-ring (bicyclic) bond motifs is 1. The average Bonchev–Trinajstić information content (AvgIpc) is 2.92. The Kier molecular flexibility index (Phi) is 2.44. The van der Waals surface area contributed by atoms with Crippen LogP contribution in [0.3, 0.4) is 0 Å². The Morgan fingerprint density at radius 1 is 1.47 bits per heavy atom. The Labute approximate surface area is 108 Å². The summed E-state index contributed by atoms with van der Waals surface area (Å²) in [6, 6.07) is 2.83. The molecule has 0 radical (unpaired) electrons.